The summed E-state index contributed by atoms with van der Waals surface area (Å²) in [5.74, 6) is -0.487. The molecule has 1 aromatic heterocycles. The molecule has 0 amide bonds. The molecule has 1 heterocycles. The highest BCUT2D eigenvalue weighted by Crippen LogP contribution is 2.20. The molecule has 1 N–H and O–H groups in total. The van der Waals surface area contributed by atoms with E-state index < -0.39 is 11.9 Å². The molecule has 1 aromatic carbocycles. The molecule has 1 atom stereocenters. The first-order valence-electron chi connectivity index (χ1n) is 5.04. The topological polar surface area (TPSA) is 46.0 Å². The number of hydrogen-bond donors (Lipinski definition) is 1. The van der Waals surface area contributed by atoms with Gasteiger partial charge in [0.15, 0.2) is 0 Å². The Bertz CT molecular complexity index is 507. The quantitative estimate of drug-likeness (QED) is 0.913. The van der Waals surface area contributed by atoms with Gasteiger partial charge in [-0.3, -0.25) is 0 Å². The fraction of sp³-hybridized carbons (Fsp3) is 0.167. The first kappa shape index (κ1) is 12.0. The van der Waals surface area contributed by atoms with Crippen LogP contribution in [0.25, 0.3) is 0 Å². The van der Waals surface area contributed by atoms with Crippen LogP contribution in [0.15, 0.2) is 36.8 Å². The lowest BCUT2D eigenvalue weighted by Crippen LogP contribution is -2.04. The van der Waals surface area contributed by atoms with Crippen molar-refractivity contribution >= 4 is 11.6 Å². The Kier molecular flexibility index (Phi) is 3.66. The maximum atomic E-state index is 13.2. The lowest BCUT2D eigenvalue weighted by atomic mass is 10.1. The summed E-state index contributed by atoms with van der Waals surface area (Å²) in [7, 11) is 0. The smallest absolute Gasteiger partial charge is 0.142 e. The predicted molar refractivity (Wildman–Crippen MR) is 62.1 cm³/mol. The van der Waals surface area contributed by atoms with Crippen molar-refractivity contribution in [3.8, 4) is 0 Å². The van der Waals surface area contributed by atoms with Gasteiger partial charge < -0.3 is 5.11 Å². The maximum Gasteiger partial charge on any atom is 0.142 e. The van der Waals surface area contributed by atoms with E-state index in [0.717, 1.165) is 0 Å². The minimum Gasteiger partial charge on any atom is -0.386 e. The van der Waals surface area contributed by atoms with Gasteiger partial charge in [0, 0.05) is 12.6 Å². The van der Waals surface area contributed by atoms with Crippen molar-refractivity contribution in [1.82, 2.24) is 9.97 Å². The van der Waals surface area contributed by atoms with Gasteiger partial charge in [-0.1, -0.05) is 17.7 Å². The number of aliphatic hydroxyl groups excluding tert-OH is 1. The van der Waals surface area contributed by atoms with Gasteiger partial charge in [0.05, 0.1) is 10.7 Å². The minimum atomic E-state index is -0.779. The number of benzene rings is 1. The maximum absolute atomic E-state index is 13.2. The van der Waals surface area contributed by atoms with Crippen LogP contribution in [-0.4, -0.2) is 15.1 Å². The van der Waals surface area contributed by atoms with E-state index in [2.05, 4.69) is 9.97 Å². The molecule has 0 spiro atoms. The third-order valence-corrected chi connectivity index (χ3v) is 2.67. The average Bonchev–Trinajstić information content (AvgIpc) is 2.35. The summed E-state index contributed by atoms with van der Waals surface area (Å²) in [6.45, 7) is 0. The first-order valence-corrected chi connectivity index (χ1v) is 5.42. The molecule has 0 radical (unpaired) electrons. The highest BCUT2D eigenvalue weighted by atomic mass is 35.5. The van der Waals surface area contributed by atoms with Crippen LogP contribution in [0.2, 0.25) is 5.02 Å². The molecule has 0 saturated carbocycles. The number of nitrogens with zero attached hydrogens (tertiary/aromatic N) is 2. The Hall–Kier alpha value is -1.52. The van der Waals surface area contributed by atoms with Gasteiger partial charge in [-0.05, 0) is 23.8 Å². The van der Waals surface area contributed by atoms with Gasteiger partial charge in [-0.15, -0.1) is 0 Å². The van der Waals surface area contributed by atoms with Crippen LogP contribution in [0, 0.1) is 5.82 Å². The van der Waals surface area contributed by atoms with E-state index in [1.165, 1.54) is 18.5 Å². The predicted octanol–water partition coefficient (Wildman–Crippen LogP) is 2.55. The summed E-state index contributed by atoms with van der Waals surface area (Å²) in [5.41, 5.74) is 1.17. The van der Waals surface area contributed by atoms with Gasteiger partial charge >= 0.3 is 0 Å². The van der Waals surface area contributed by atoms with E-state index in [1.54, 1.807) is 18.3 Å². The Labute approximate surface area is 103 Å². The van der Waals surface area contributed by atoms with Crippen molar-refractivity contribution in [1.29, 1.82) is 0 Å². The molecule has 5 heteroatoms. The van der Waals surface area contributed by atoms with E-state index in [4.69, 9.17) is 11.6 Å². The molecule has 2 aromatic rings. The Morgan fingerprint density at radius 1 is 1.35 bits per heavy atom. The number of aliphatic hydroxyl groups is 1. The van der Waals surface area contributed by atoms with Gasteiger partial charge in [0.25, 0.3) is 0 Å². The SMILES string of the molecule is OC(Cc1ccc(Cl)c(F)c1)c1ccncn1. The Morgan fingerprint density at radius 2 is 2.18 bits per heavy atom. The Morgan fingerprint density at radius 3 is 2.82 bits per heavy atom. The third-order valence-electron chi connectivity index (χ3n) is 2.36. The molecule has 0 aliphatic carbocycles. The lowest BCUT2D eigenvalue weighted by Gasteiger charge is -2.09. The van der Waals surface area contributed by atoms with Crippen molar-refractivity contribution < 1.29 is 9.50 Å². The van der Waals surface area contributed by atoms with Gasteiger partial charge in [0.1, 0.15) is 18.2 Å². The molecule has 0 saturated heterocycles. The minimum absolute atomic E-state index is 0.0743. The number of halogens is 2. The highest BCUT2D eigenvalue weighted by Gasteiger charge is 2.11. The fourth-order valence-electron chi connectivity index (χ4n) is 1.49. The summed E-state index contributed by atoms with van der Waals surface area (Å²) in [6, 6.07) is 6.08. The molecule has 3 nitrogen and oxygen atoms in total. The number of hydrogen-bond acceptors (Lipinski definition) is 3. The van der Waals surface area contributed by atoms with E-state index in [1.807, 2.05) is 0 Å². The number of rotatable bonds is 3. The summed E-state index contributed by atoms with van der Waals surface area (Å²) >= 11 is 5.58. The third kappa shape index (κ3) is 2.99. The van der Waals surface area contributed by atoms with Crippen molar-refractivity contribution in [3.63, 3.8) is 0 Å². The summed E-state index contributed by atoms with van der Waals surface area (Å²) in [6.07, 6.45) is 2.42. The van der Waals surface area contributed by atoms with Crippen LogP contribution in [0.4, 0.5) is 4.39 Å². The zero-order chi connectivity index (χ0) is 12.3. The van der Waals surface area contributed by atoms with Crippen molar-refractivity contribution in [2.45, 2.75) is 12.5 Å². The van der Waals surface area contributed by atoms with Crippen LogP contribution in [0.5, 0.6) is 0 Å². The molecule has 0 fully saturated rings. The average molecular weight is 253 g/mol. The molecule has 17 heavy (non-hydrogen) atoms. The van der Waals surface area contributed by atoms with E-state index in [0.29, 0.717) is 11.3 Å². The molecule has 88 valence electrons. The van der Waals surface area contributed by atoms with Crippen molar-refractivity contribution in [2.24, 2.45) is 0 Å². The van der Waals surface area contributed by atoms with Crippen molar-refractivity contribution in [2.75, 3.05) is 0 Å². The molecule has 2 rings (SSSR count). The Balaban J connectivity index is 2.13. The monoisotopic (exact) mass is 252 g/mol. The van der Waals surface area contributed by atoms with Crippen LogP contribution in [-0.2, 0) is 6.42 Å². The molecule has 1 unspecified atom stereocenters. The largest absolute Gasteiger partial charge is 0.386 e. The van der Waals surface area contributed by atoms with Gasteiger partial charge in [-0.25, -0.2) is 14.4 Å². The molecule has 0 aliphatic rings. The molecular weight excluding hydrogens is 243 g/mol. The van der Waals surface area contributed by atoms with Crippen LogP contribution >= 0.6 is 11.6 Å². The highest BCUT2D eigenvalue weighted by molar-refractivity contribution is 6.30. The van der Waals surface area contributed by atoms with Crippen LogP contribution < -0.4 is 0 Å². The second kappa shape index (κ2) is 5.21. The molecule has 0 bridgehead atoms. The van der Waals surface area contributed by atoms with E-state index in [-0.39, 0.29) is 11.4 Å². The second-order valence-electron chi connectivity index (χ2n) is 3.60. The standard InChI is InChI=1S/C12H10ClFN2O/c13-9-2-1-8(5-10(9)14)6-12(17)11-3-4-15-7-16-11/h1-5,7,12,17H,6H2. The second-order valence-corrected chi connectivity index (χ2v) is 4.01. The van der Waals surface area contributed by atoms with Gasteiger partial charge in [-0.2, -0.15) is 0 Å². The van der Waals surface area contributed by atoms with Gasteiger partial charge in [0.2, 0.25) is 0 Å². The van der Waals surface area contributed by atoms with Crippen LogP contribution in [0.1, 0.15) is 17.4 Å². The molecule has 0 aliphatic heterocycles. The molecular formula is C12H10ClFN2O. The zero-order valence-corrected chi connectivity index (χ0v) is 9.60. The fourth-order valence-corrected chi connectivity index (χ4v) is 1.61. The normalized spacial score (nSPS) is 12.4. The van der Waals surface area contributed by atoms with E-state index in [9.17, 15) is 9.50 Å². The zero-order valence-electron chi connectivity index (χ0n) is 8.85. The number of aromatic nitrogens is 2. The first-order chi connectivity index (χ1) is 8.16. The lowest BCUT2D eigenvalue weighted by molar-refractivity contribution is 0.173. The van der Waals surface area contributed by atoms with Crippen molar-refractivity contribution in [3.05, 3.63) is 58.9 Å². The van der Waals surface area contributed by atoms with E-state index >= 15 is 0 Å². The summed E-state index contributed by atoms with van der Waals surface area (Å²) in [5, 5.41) is 9.96. The summed E-state index contributed by atoms with van der Waals surface area (Å²) in [4.78, 5) is 7.69. The summed E-state index contributed by atoms with van der Waals surface area (Å²) < 4.78 is 13.2. The van der Waals surface area contributed by atoms with Crippen LogP contribution in [0.3, 0.4) is 0 Å².